The first-order valence-corrected chi connectivity index (χ1v) is 30.6. The Balaban J connectivity index is 0.782. The number of aromatic nitrogens is 2. The van der Waals surface area contributed by atoms with Crippen LogP contribution in [0.4, 0.5) is 4.39 Å². The molecule has 7 N–H and O–H groups in total. The molecule has 7 amide bonds. The van der Waals surface area contributed by atoms with Gasteiger partial charge >= 0.3 is 5.97 Å². The number of imide groups is 1. The number of halogens is 1. The van der Waals surface area contributed by atoms with Crippen LogP contribution in [0.5, 0.6) is 0 Å². The second kappa shape index (κ2) is 34.6. The molecule has 2 aromatic heterocycles. The second-order valence-corrected chi connectivity index (χ2v) is 22.3. The van der Waals surface area contributed by atoms with E-state index in [2.05, 4.69) is 26.6 Å². The van der Waals surface area contributed by atoms with Crippen molar-refractivity contribution in [3.05, 3.63) is 61.7 Å². The van der Waals surface area contributed by atoms with Crippen LogP contribution >= 0.6 is 0 Å². The molecule has 29 nitrogen and oxygen atoms in total. The minimum atomic E-state index is -2.07. The van der Waals surface area contributed by atoms with Gasteiger partial charge in [-0.05, 0) is 62.8 Å². The largest absolute Gasteiger partial charge is 0.458 e. The van der Waals surface area contributed by atoms with Gasteiger partial charge in [0.25, 0.3) is 5.56 Å². The number of amides is 7. The lowest BCUT2D eigenvalue weighted by molar-refractivity contribution is -0.172. The molecule has 0 bridgehead atoms. The van der Waals surface area contributed by atoms with E-state index < -0.39 is 114 Å². The van der Waals surface area contributed by atoms with Crippen molar-refractivity contribution in [3.63, 3.8) is 0 Å². The molecule has 1 fully saturated rings. The Kier molecular flexibility index (Phi) is 27.2. The quantitative estimate of drug-likeness (QED) is 0.0128. The topological polar surface area (TPSA) is 368 Å². The number of nitrogens with zero attached hydrogens (tertiary/aromatic N) is 3. The normalized spacial score (nSPS) is 18.6. The number of fused-ring (bicyclic) bond motifs is 5. The maximum atomic E-state index is 15.4. The fourth-order valence-corrected chi connectivity index (χ4v) is 10.9. The van der Waals surface area contributed by atoms with E-state index in [1.165, 1.54) is 31.4 Å². The highest BCUT2D eigenvalue weighted by Crippen LogP contribution is 2.46. The number of carbonyl (C=O) groups is 8. The van der Waals surface area contributed by atoms with Crippen LogP contribution in [-0.4, -0.2) is 222 Å². The van der Waals surface area contributed by atoms with Gasteiger partial charge in [-0.3, -0.25) is 43.3 Å². The molecule has 30 heteroatoms. The Morgan fingerprint density at radius 2 is 1.34 bits per heavy atom. The molecule has 1 saturated heterocycles. The van der Waals surface area contributed by atoms with Crippen molar-refractivity contribution in [1.29, 1.82) is 0 Å². The summed E-state index contributed by atoms with van der Waals surface area (Å²) in [6, 6.07) is -1.85. The summed E-state index contributed by atoms with van der Waals surface area (Å²) in [7, 11) is 1.61. The average Bonchev–Trinajstić information content (AvgIpc) is 1.64. The molecule has 1 unspecified atom stereocenters. The van der Waals surface area contributed by atoms with Crippen molar-refractivity contribution in [1.82, 2.24) is 41.0 Å². The van der Waals surface area contributed by atoms with Crippen LogP contribution in [0.15, 0.2) is 16.9 Å². The standard InChI is InChI=1S/C61H85FN8O21/c1-7-61(81)42-29-46-53-40(32-69(46)59(79)41(42)33-91-60(61)80)52-44(9-8-39-36(3)43(62)30-45(67-53)51(39)52)68-57(77)48(71)10-12-90-34-64-54(74)37(4)65-55(75)38(5)66-56(76)47(70-50(73)28-35(2)58(70)78)31-63-49(72)11-13-83-16-17-85-20-21-87-24-25-89-27-26-88-23-22-86-19-18-84-15-14-82-6/h29-30,35,37-38,44,47-48,71,81H,7-28,31-34H2,1-6H3,(H,63,72)(H,64,74)(H,65,75)(H,66,76)(H,68,77)/t35?,37-,38-,44-,47-,48+,61-/m0/s1. The first-order chi connectivity index (χ1) is 43.7. The molecule has 502 valence electrons. The first kappa shape index (κ1) is 71.5. The van der Waals surface area contributed by atoms with E-state index in [1.807, 2.05) is 0 Å². The number of carbonyl (C=O) groups excluding carboxylic acids is 8. The molecule has 7 rings (SSSR count). The number of cyclic esters (lactones) is 1. The fourth-order valence-electron chi connectivity index (χ4n) is 10.9. The van der Waals surface area contributed by atoms with Gasteiger partial charge < -0.3 is 88.7 Å². The lowest BCUT2D eigenvalue weighted by Gasteiger charge is -2.31. The number of esters is 1. The van der Waals surface area contributed by atoms with E-state index in [0.29, 0.717) is 131 Å². The number of aryl methyl sites for hydroxylation is 1. The molecule has 4 aliphatic rings. The van der Waals surface area contributed by atoms with Crippen LogP contribution in [0.2, 0.25) is 0 Å². The summed E-state index contributed by atoms with van der Waals surface area (Å²) < 4.78 is 70.6. The van der Waals surface area contributed by atoms with Crippen LogP contribution in [0.1, 0.15) is 99.2 Å². The summed E-state index contributed by atoms with van der Waals surface area (Å²) >= 11 is 0. The highest BCUT2D eigenvalue weighted by atomic mass is 19.1. The number of pyridine rings is 2. The zero-order chi connectivity index (χ0) is 65.8. The zero-order valence-corrected chi connectivity index (χ0v) is 52.4. The van der Waals surface area contributed by atoms with E-state index in [-0.39, 0.29) is 81.9 Å². The third-order valence-electron chi connectivity index (χ3n) is 16.0. The summed E-state index contributed by atoms with van der Waals surface area (Å²) in [6.45, 7) is 11.7. The lowest BCUT2D eigenvalue weighted by Crippen LogP contribution is -2.58. The van der Waals surface area contributed by atoms with Crippen molar-refractivity contribution in [2.45, 2.75) is 122 Å². The first-order valence-electron chi connectivity index (χ1n) is 30.6. The summed E-state index contributed by atoms with van der Waals surface area (Å²) in [5.74, 6) is -7.05. The Hall–Kier alpha value is -6.97. The second-order valence-electron chi connectivity index (χ2n) is 22.3. The van der Waals surface area contributed by atoms with Crippen molar-refractivity contribution < 1.29 is 100 Å². The van der Waals surface area contributed by atoms with Gasteiger partial charge in [-0.1, -0.05) is 13.8 Å². The molecule has 7 atom stereocenters. The number of nitrogens with one attached hydrogen (secondary N) is 5. The summed E-state index contributed by atoms with van der Waals surface area (Å²) in [4.78, 5) is 125. The molecular weight excluding hydrogens is 1200 g/mol. The molecule has 0 saturated carbocycles. The van der Waals surface area contributed by atoms with Gasteiger partial charge in [0.05, 0.1) is 141 Å². The van der Waals surface area contributed by atoms with Crippen molar-refractivity contribution in [2.24, 2.45) is 5.92 Å². The van der Waals surface area contributed by atoms with Gasteiger partial charge in [-0.25, -0.2) is 14.2 Å². The number of likely N-dealkylation sites (tertiary alicyclic amines) is 1. The van der Waals surface area contributed by atoms with Gasteiger partial charge in [0.15, 0.2) is 5.60 Å². The van der Waals surface area contributed by atoms with Crippen LogP contribution < -0.4 is 32.1 Å². The van der Waals surface area contributed by atoms with Gasteiger partial charge in [0.2, 0.25) is 41.4 Å². The number of hydrogen-bond acceptors (Lipinski definition) is 22. The molecule has 0 radical (unpaired) electrons. The molecule has 0 spiro atoms. The smallest absolute Gasteiger partial charge is 0.343 e. The third kappa shape index (κ3) is 18.4. The monoisotopic (exact) mass is 1280 g/mol. The van der Waals surface area contributed by atoms with Gasteiger partial charge in [-0.2, -0.15) is 0 Å². The molecule has 91 heavy (non-hydrogen) atoms. The number of benzene rings is 1. The molecule has 1 aliphatic carbocycles. The third-order valence-corrected chi connectivity index (χ3v) is 16.0. The van der Waals surface area contributed by atoms with E-state index in [9.17, 15) is 53.4 Å². The summed E-state index contributed by atoms with van der Waals surface area (Å²) in [5, 5.41) is 35.9. The minimum absolute atomic E-state index is 0.00170. The number of aliphatic hydroxyl groups excluding tert-OH is 1. The highest BCUT2D eigenvalue weighted by Gasteiger charge is 2.47. The molecular formula is C61H85FN8O21. The minimum Gasteiger partial charge on any atom is -0.458 e. The Morgan fingerprint density at radius 3 is 1.92 bits per heavy atom. The predicted octanol–water partition coefficient (Wildman–Crippen LogP) is -0.486. The van der Waals surface area contributed by atoms with Crippen molar-refractivity contribution >= 4 is 58.2 Å². The zero-order valence-electron chi connectivity index (χ0n) is 52.4. The van der Waals surface area contributed by atoms with E-state index >= 15 is 4.39 Å². The number of rotatable bonds is 40. The van der Waals surface area contributed by atoms with Crippen LogP contribution in [0.25, 0.3) is 22.3 Å². The van der Waals surface area contributed by atoms with E-state index in [1.54, 1.807) is 27.0 Å². The van der Waals surface area contributed by atoms with Crippen molar-refractivity contribution in [2.75, 3.05) is 126 Å². The maximum Gasteiger partial charge on any atom is 0.343 e. The summed E-state index contributed by atoms with van der Waals surface area (Å²) in [6.07, 6.45) is -1.47. The van der Waals surface area contributed by atoms with E-state index in [0.717, 1.165) is 4.90 Å². The lowest BCUT2D eigenvalue weighted by atomic mass is 9.81. The molecule has 3 aliphatic heterocycles. The van der Waals surface area contributed by atoms with Crippen LogP contribution in [0.3, 0.4) is 0 Å². The van der Waals surface area contributed by atoms with Crippen LogP contribution in [-0.2, 0) is 111 Å². The number of hydrogen-bond donors (Lipinski definition) is 7. The fraction of sp³-hybridized carbons (Fsp3) is 0.639. The van der Waals surface area contributed by atoms with Crippen molar-refractivity contribution in [3.8, 4) is 11.4 Å². The number of methoxy groups -OCH3 is 1. The molecule has 5 heterocycles. The van der Waals surface area contributed by atoms with Gasteiger partial charge in [-0.15, -0.1) is 0 Å². The molecule has 3 aromatic rings. The molecule has 1 aromatic carbocycles. The Bertz CT molecular complexity index is 3150. The maximum absolute atomic E-state index is 15.4. The van der Waals surface area contributed by atoms with Crippen LogP contribution in [0, 0.1) is 18.7 Å². The summed E-state index contributed by atoms with van der Waals surface area (Å²) in [5.41, 5.74) is 0.840. The Labute approximate surface area is 525 Å². The SMILES string of the molecule is CC[C@@]1(O)C(=O)OCc2c1cc1n(c2=O)Cc2c-1nc1cc(F)c(C)c3c1c2[C@@H](NC(=O)[C@H](O)CCOCNC(=O)[C@H](C)NC(=O)[C@H](C)NC(=O)[C@H](CNC(=O)CCOCCOCCOCCOCCOCCOCCOCCOC)N1C(=O)CC(C)C1=O)CC3. The Morgan fingerprint density at radius 1 is 0.758 bits per heavy atom. The average molecular weight is 1290 g/mol. The number of ether oxygens (including phenoxy) is 10. The number of aliphatic hydroxyl groups is 2. The highest BCUT2D eigenvalue weighted by molar-refractivity contribution is 6.07. The predicted molar refractivity (Wildman–Crippen MR) is 318 cm³/mol. The van der Waals surface area contributed by atoms with E-state index in [4.69, 9.17) is 52.4 Å². The van der Waals surface area contributed by atoms with Gasteiger partial charge in [0.1, 0.15) is 43.4 Å². The van der Waals surface area contributed by atoms with Gasteiger partial charge in [0, 0.05) is 61.4 Å².